The van der Waals surface area contributed by atoms with Crippen molar-refractivity contribution in [2.45, 2.75) is 50.9 Å². The molecule has 1 saturated carbocycles. The molecule has 0 aromatic heterocycles. The summed E-state index contributed by atoms with van der Waals surface area (Å²) in [7, 11) is 3.12. The Morgan fingerprint density at radius 2 is 1.91 bits per heavy atom. The summed E-state index contributed by atoms with van der Waals surface area (Å²) >= 11 is 0. The van der Waals surface area contributed by atoms with Gasteiger partial charge < -0.3 is 33.9 Å². The summed E-state index contributed by atoms with van der Waals surface area (Å²) in [6.07, 6.45) is 4.74. The molecule has 32 heavy (non-hydrogen) atoms. The van der Waals surface area contributed by atoms with E-state index in [1.54, 1.807) is 14.2 Å². The number of Topliss-reactive ketones (excluding diaryl/α,β-unsaturated/α-hetero) is 1. The van der Waals surface area contributed by atoms with Gasteiger partial charge in [-0.2, -0.15) is 0 Å². The standard InChI is InChI=1S/C24H36O8/c1-15-16-5-9-23-12-32-24(11-26,18(23)7-10-25)21(31-14-29-4)19(30-13-28-3)20(23)22(16,2)8-6-17(15)27/h5,9,18-21,25-26H,6-8,10-14H2,1-4H3/t18-,19-,20-,21+,22+,23-,24+/m1/s1. The van der Waals surface area contributed by atoms with Crippen LogP contribution < -0.4 is 0 Å². The van der Waals surface area contributed by atoms with Gasteiger partial charge in [0.05, 0.1) is 19.3 Å². The Labute approximate surface area is 189 Å². The number of ether oxygens (including phenoxy) is 5. The zero-order valence-electron chi connectivity index (χ0n) is 19.5. The quantitative estimate of drug-likeness (QED) is 0.509. The first-order valence-corrected chi connectivity index (χ1v) is 11.4. The molecule has 8 nitrogen and oxygen atoms in total. The van der Waals surface area contributed by atoms with Crippen LogP contribution in [0, 0.1) is 22.7 Å². The third-order valence-corrected chi connectivity index (χ3v) is 8.48. The normalized spacial score (nSPS) is 42.9. The molecule has 4 aliphatic rings. The summed E-state index contributed by atoms with van der Waals surface area (Å²) in [5.74, 6) is -0.115. The zero-order chi connectivity index (χ0) is 23.1. The molecule has 2 bridgehead atoms. The highest BCUT2D eigenvalue weighted by molar-refractivity contribution is 5.97. The predicted octanol–water partition coefficient (Wildman–Crippen LogP) is 1.60. The highest BCUT2D eigenvalue weighted by Crippen LogP contribution is 2.69. The molecule has 0 amide bonds. The molecule has 1 aliphatic heterocycles. The molecule has 1 heterocycles. The number of aliphatic hydroxyl groups is 2. The van der Waals surface area contributed by atoms with Gasteiger partial charge in [0.2, 0.25) is 0 Å². The van der Waals surface area contributed by atoms with Crippen molar-refractivity contribution in [3.05, 3.63) is 23.3 Å². The topological polar surface area (TPSA) is 104 Å². The van der Waals surface area contributed by atoms with E-state index in [1.165, 1.54) is 0 Å². The summed E-state index contributed by atoms with van der Waals surface area (Å²) in [4.78, 5) is 12.6. The molecule has 3 aliphatic carbocycles. The second-order valence-corrected chi connectivity index (χ2v) is 9.80. The Balaban J connectivity index is 1.94. The lowest BCUT2D eigenvalue weighted by molar-refractivity contribution is -0.272. The maximum atomic E-state index is 12.6. The van der Waals surface area contributed by atoms with Gasteiger partial charge in [-0.05, 0) is 36.3 Å². The van der Waals surface area contributed by atoms with Crippen molar-refractivity contribution in [1.29, 1.82) is 0 Å². The third kappa shape index (κ3) is 3.19. The largest absolute Gasteiger partial charge is 0.396 e. The van der Waals surface area contributed by atoms with Crippen molar-refractivity contribution in [3.63, 3.8) is 0 Å². The van der Waals surface area contributed by atoms with Gasteiger partial charge in [-0.3, -0.25) is 4.79 Å². The second kappa shape index (κ2) is 8.91. The Morgan fingerprint density at radius 3 is 2.56 bits per heavy atom. The fourth-order valence-electron chi connectivity index (χ4n) is 7.23. The molecular formula is C24H36O8. The molecule has 4 rings (SSSR count). The maximum Gasteiger partial charge on any atom is 0.158 e. The van der Waals surface area contributed by atoms with Crippen molar-refractivity contribution in [2.75, 3.05) is 47.6 Å². The third-order valence-electron chi connectivity index (χ3n) is 8.48. The smallest absolute Gasteiger partial charge is 0.158 e. The van der Waals surface area contributed by atoms with Gasteiger partial charge in [-0.15, -0.1) is 0 Å². The van der Waals surface area contributed by atoms with E-state index in [0.29, 0.717) is 25.9 Å². The summed E-state index contributed by atoms with van der Waals surface area (Å²) in [6.45, 7) is 4.26. The van der Waals surface area contributed by atoms with Crippen LogP contribution in [-0.4, -0.2) is 81.4 Å². The Kier molecular flexibility index (Phi) is 6.68. The molecule has 0 radical (unpaired) electrons. The van der Waals surface area contributed by atoms with E-state index in [0.717, 1.165) is 11.1 Å². The first-order valence-electron chi connectivity index (χ1n) is 11.4. The van der Waals surface area contributed by atoms with Crippen molar-refractivity contribution in [1.82, 2.24) is 0 Å². The molecule has 180 valence electrons. The number of hydrogen-bond donors (Lipinski definition) is 2. The van der Waals surface area contributed by atoms with Gasteiger partial charge in [-0.1, -0.05) is 19.1 Å². The van der Waals surface area contributed by atoms with E-state index < -0.39 is 23.2 Å². The Hall–Kier alpha value is -1.13. The zero-order valence-corrected chi connectivity index (χ0v) is 19.5. The molecule has 8 heteroatoms. The maximum absolute atomic E-state index is 12.6. The fourth-order valence-corrected chi connectivity index (χ4v) is 7.23. The van der Waals surface area contributed by atoms with E-state index in [1.807, 2.05) is 6.92 Å². The molecule has 2 fully saturated rings. The molecule has 0 aromatic rings. The van der Waals surface area contributed by atoms with E-state index in [2.05, 4.69) is 19.1 Å². The number of carbonyl (C=O) groups is 1. The monoisotopic (exact) mass is 452 g/mol. The summed E-state index contributed by atoms with van der Waals surface area (Å²) in [5, 5.41) is 20.6. The molecular weight excluding hydrogens is 416 g/mol. The molecule has 1 spiro atoms. The molecule has 2 N–H and O–H groups in total. The van der Waals surface area contributed by atoms with Crippen molar-refractivity contribution >= 4 is 5.78 Å². The van der Waals surface area contributed by atoms with E-state index in [9.17, 15) is 15.0 Å². The molecule has 0 unspecified atom stereocenters. The first kappa shape index (κ1) is 24.0. The van der Waals surface area contributed by atoms with E-state index >= 15 is 0 Å². The van der Waals surface area contributed by atoms with E-state index in [4.69, 9.17) is 23.7 Å². The number of carbonyl (C=O) groups excluding carboxylic acids is 1. The van der Waals surface area contributed by atoms with Gasteiger partial charge in [0.15, 0.2) is 5.78 Å². The second-order valence-electron chi connectivity index (χ2n) is 9.80. The van der Waals surface area contributed by atoms with Gasteiger partial charge in [-0.25, -0.2) is 0 Å². The van der Waals surface area contributed by atoms with Gasteiger partial charge in [0.25, 0.3) is 0 Å². The average molecular weight is 453 g/mol. The minimum absolute atomic E-state index is 0.0148. The van der Waals surface area contributed by atoms with Crippen LogP contribution in [0.25, 0.3) is 0 Å². The number of allylic oxidation sites excluding steroid dienone is 3. The van der Waals surface area contributed by atoms with Crippen LogP contribution in [0.4, 0.5) is 0 Å². The predicted molar refractivity (Wildman–Crippen MR) is 115 cm³/mol. The molecule has 1 saturated heterocycles. The number of ketones is 1. The number of hydrogen-bond acceptors (Lipinski definition) is 8. The number of rotatable bonds is 9. The SMILES string of the molecule is COCO[C@H]1[C@H](OCOC)[C@@]2(CO)OC[C@]3(C=CC4=C(C)C(=O)CC[C@]4(C)[C@@H]13)[C@H]2CCO. The highest BCUT2D eigenvalue weighted by atomic mass is 16.7. The van der Waals surface area contributed by atoms with E-state index in [-0.39, 0.29) is 49.8 Å². The lowest BCUT2D eigenvalue weighted by atomic mass is 9.43. The fraction of sp³-hybridized carbons (Fsp3) is 0.792. The minimum Gasteiger partial charge on any atom is -0.396 e. The van der Waals surface area contributed by atoms with Crippen molar-refractivity contribution in [3.8, 4) is 0 Å². The summed E-state index contributed by atoms with van der Waals surface area (Å²) in [6, 6.07) is 0. The van der Waals surface area contributed by atoms with Crippen LogP contribution in [0.15, 0.2) is 23.3 Å². The lowest BCUT2D eigenvalue weighted by Crippen LogP contribution is -2.70. The first-order chi connectivity index (χ1) is 15.4. The van der Waals surface area contributed by atoms with Crippen LogP contribution >= 0.6 is 0 Å². The van der Waals surface area contributed by atoms with Crippen LogP contribution in [0.2, 0.25) is 0 Å². The van der Waals surface area contributed by atoms with Crippen LogP contribution in [0.1, 0.15) is 33.1 Å². The van der Waals surface area contributed by atoms with Crippen LogP contribution in [0.3, 0.4) is 0 Å². The highest BCUT2D eigenvalue weighted by Gasteiger charge is 2.74. The molecule has 0 aromatic carbocycles. The minimum atomic E-state index is -1.04. The van der Waals surface area contributed by atoms with Crippen molar-refractivity contribution < 1.29 is 38.7 Å². The van der Waals surface area contributed by atoms with Gasteiger partial charge in [0.1, 0.15) is 25.3 Å². The number of methoxy groups -OCH3 is 2. The van der Waals surface area contributed by atoms with Gasteiger partial charge in [0, 0.05) is 44.5 Å². The Morgan fingerprint density at radius 1 is 1.19 bits per heavy atom. The van der Waals surface area contributed by atoms with Gasteiger partial charge >= 0.3 is 0 Å². The van der Waals surface area contributed by atoms with Crippen molar-refractivity contribution in [2.24, 2.45) is 22.7 Å². The lowest BCUT2D eigenvalue weighted by Gasteiger charge is -2.62. The Bertz CT molecular complexity index is 793. The summed E-state index contributed by atoms with van der Waals surface area (Å²) < 4.78 is 29.4. The molecule has 7 atom stereocenters. The number of fused-ring (bicyclic) bond motifs is 3. The number of aliphatic hydroxyl groups excluding tert-OH is 2. The summed E-state index contributed by atoms with van der Waals surface area (Å²) in [5.41, 5.74) is -0.0516. The average Bonchev–Trinajstić information content (AvgIpc) is 3.02. The van der Waals surface area contributed by atoms with Crippen LogP contribution in [0.5, 0.6) is 0 Å². The van der Waals surface area contributed by atoms with Crippen LogP contribution in [-0.2, 0) is 28.5 Å².